The van der Waals surface area contributed by atoms with Gasteiger partial charge in [-0.25, -0.2) is 4.98 Å². The summed E-state index contributed by atoms with van der Waals surface area (Å²) in [5.74, 6) is -1.81. The molecular formula is C21H19N3O4. The molecular weight excluding hydrogens is 358 g/mol. The number of pyridine rings is 3. The molecule has 7 heteroatoms. The minimum Gasteiger partial charge on any atom is -0.481 e. The predicted octanol–water partition coefficient (Wildman–Crippen LogP) is 3.08. The molecule has 3 heterocycles. The number of nitrogens with zero attached hydrogens (tertiary/aromatic N) is 3. The Bertz CT molecular complexity index is 983. The molecule has 7 nitrogen and oxygen atoms in total. The summed E-state index contributed by atoms with van der Waals surface area (Å²) < 4.78 is 0. The Labute approximate surface area is 161 Å². The second-order valence-electron chi connectivity index (χ2n) is 6.54. The summed E-state index contributed by atoms with van der Waals surface area (Å²) >= 11 is 0. The van der Waals surface area contributed by atoms with Crippen LogP contribution in [0.4, 0.5) is 0 Å². The summed E-state index contributed by atoms with van der Waals surface area (Å²) in [4.78, 5) is 35.4. The first kappa shape index (κ1) is 19.2. The zero-order valence-corrected chi connectivity index (χ0v) is 15.5. The number of rotatable bonds is 6. The highest BCUT2D eigenvalue weighted by molar-refractivity contribution is 5.73. The summed E-state index contributed by atoms with van der Waals surface area (Å²) in [6.45, 7) is 3.64. The number of carboxylic acids is 2. The fourth-order valence-corrected chi connectivity index (χ4v) is 2.84. The second kappa shape index (κ2) is 7.96. The Balaban J connectivity index is 2.00. The van der Waals surface area contributed by atoms with Crippen LogP contribution in [0.15, 0.2) is 42.7 Å². The molecule has 0 aliphatic carbocycles. The Morgan fingerprint density at radius 1 is 0.786 bits per heavy atom. The molecule has 3 rings (SSSR count). The zero-order chi connectivity index (χ0) is 20.3. The Morgan fingerprint density at radius 3 is 1.61 bits per heavy atom. The van der Waals surface area contributed by atoms with Gasteiger partial charge in [0.1, 0.15) is 0 Å². The number of carbonyl (C=O) groups is 2. The lowest BCUT2D eigenvalue weighted by atomic mass is 10.0. The van der Waals surface area contributed by atoms with Crippen LogP contribution in [0.3, 0.4) is 0 Å². The molecule has 28 heavy (non-hydrogen) atoms. The van der Waals surface area contributed by atoms with Crippen LogP contribution in [-0.2, 0) is 22.4 Å². The third-order valence-corrected chi connectivity index (χ3v) is 4.39. The highest BCUT2D eigenvalue weighted by Crippen LogP contribution is 2.23. The highest BCUT2D eigenvalue weighted by atomic mass is 16.4. The molecule has 0 saturated heterocycles. The minimum absolute atomic E-state index is 0.0842. The summed E-state index contributed by atoms with van der Waals surface area (Å²) in [7, 11) is 0. The van der Waals surface area contributed by atoms with Crippen molar-refractivity contribution in [1.82, 2.24) is 15.0 Å². The monoisotopic (exact) mass is 377 g/mol. The maximum absolute atomic E-state index is 11.1. The van der Waals surface area contributed by atoms with E-state index >= 15 is 0 Å². The number of hydrogen-bond donors (Lipinski definition) is 2. The number of hydrogen-bond acceptors (Lipinski definition) is 5. The maximum atomic E-state index is 11.1. The van der Waals surface area contributed by atoms with Gasteiger partial charge in [-0.1, -0.05) is 6.07 Å². The van der Waals surface area contributed by atoms with Crippen LogP contribution in [0.25, 0.3) is 22.8 Å². The molecule has 0 saturated carbocycles. The molecule has 0 aliphatic rings. The lowest BCUT2D eigenvalue weighted by molar-refractivity contribution is -0.137. The van der Waals surface area contributed by atoms with E-state index in [0.717, 1.165) is 11.1 Å². The first-order valence-electron chi connectivity index (χ1n) is 8.66. The van der Waals surface area contributed by atoms with E-state index in [1.807, 2.05) is 19.9 Å². The van der Waals surface area contributed by atoms with Crippen molar-refractivity contribution in [2.24, 2.45) is 0 Å². The topological polar surface area (TPSA) is 113 Å². The van der Waals surface area contributed by atoms with Crippen LogP contribution in [-0.4, -0.2) is 37.1 Å². The number of aliphatic carboxylic acids is 2. The van der Waals surface area contributed by atoms with Crippen LogP contribution in [0, 0.1) is 13.8 Å². The Kier molecular flexibility index (Phi) is 5.44. The van der Waals surface area contributed by atoms with E-state index < -0.39 is 11.9 Å². The van der Waals surface area contributed by atoms with Gasteiger partial charge in [-0.15, -0.1) is 0 Å². The summed E-state index contributed by atoms with van der Waals surface area (Å²) in [5, 5.41) is 18.1. The van der Waals surface area contributed by atoms with E-state index in [9.17, 15) is 9.59 Å². The molecule has 0 aliphatic heterocycles. The zero-order valence-electron chi connectivity index (χ0n) is 15.5. The number of aryl methyl sites for hydroxylation is 2. The molecule has 0 spiro atoms. The van der Waals surface area contributed by atoms with E-state index in [1.165, 1.54) is 0 Å². The van der Waals surface area contributed by atoms with Gasteiger partial charge in [-0.05, 0) is 60.4 Å². The smallest absolute Gasteiger partial charge is 0.307 e. The van der Waals surface area contributed by atoms with Crippen molar-refractivity contribution < 1.29 is 19.8 Å². The molecule has 0 atom stereocenters. The van der Waals surface area contributed by atoms with E-state index in [4.69, 9.17) is 10.2 Å². The summed E-state index contributed by atoms with van der Waals surface area (Å²) in [6, 6.07) is 8.85. The second-order valence-corrected chi connectivity index (χ2v) is 6.54. The van der Waals surface area contributed by atoms with Gasteiger partial charge in [0.2, 0.25) is 0 Å². The minimum atomic E-state index is -0.906. The molecule has 0 radical (unpaired) electrons. The third kappa shape index (κ3) is 4.37. The van der Waals surface area contributed by atoms with Gasteiger partial charge >= 0.3 is 11.9 Å². The van der Waals surface area contributed by atoms with Gasteiger partial charge in [0.25, 0.3) is 0 Å². The molecule has 0 bridgehead atoms. The standard InChI is InChI=1S/C21H19N3O4/c1-12-10-22-18(6-14(12)8-20(25)26)16-4-3-5-17(24-16)19-7-15(9-21(27)28)13(2)11-23-19/h3-7,10-11H,8-9H2,1-2H3,(H,25,26)(H,27,28). The number of carboxylic acid groups (broad SMARTS) is 2. The normalized spacial score (nSPS) is 10.6. The van der Waals surface area contributed by atoms with Crippen molar-refractivity contribution in [3.05, 3.63) is 65.0 Å². The van der Waals surface area contributed by atoms with Crippen molar-refractivity contribution >= 4 is 11.9 Å². The SMILES string of the molecule is Cc1cnc(-c2cccc(-c3cc(CC(=O)O)c(C)cn3)n2)cc1CC(=O)O. The van der Waals surface area contributed by atoms with Gasteiger partial charge in [-0.3, -0.25) is 19.6 Å². The van der Waals surface area contributed by atoms with Crippen molar-refractivity contribution in [2.75, 3.05) is 0 Å². The first-order valence-corrected chi connectivity index (χ1v) is 8.66. The molecule has 0 unspecified atom stereocenters. The van der Waals surface area contributed by atoms with Crippen molar-refractivity contribution in [2.45, 2.75) is 26.7 Å². The fourth-order valence-electron chi connectivity index (χ4n) is 2.84. The Morgan fingerprint density at radius 2 is 1.21 bits per heavy atom. The van der Waals surface area contributed by atoms with Crippen molar-refractivity contribution in [3.63, 3.8) is 0 Å². The van der Waals surface area contributed by atoms with Gasteiger partial charge in [-0.2, -0.15) is 0 Å². The predicted molar refractivity (Wildman–Crippen MR) is 103 cm³/mol. The fraction of sp³-hybridized carbons (Fsp3) is 0.190. The van der Waals surface area contributed by atoms with E-state index in [1.54, 1.807) is 36.7 Å². The molecule has 3 aromatic rings. The van der Waals surface area contributed by atoms with Gasteiger partial charge in [0, 0.05) is 12.4 Å². The Hall–Kier alpha value is -3.61. The lowest BCUT2D eigenvalue weighted by Gasteiger charge is -2.09. The largest absolute Gasteiger partial charge is 0.481 e. The average molecular weight is 377 g/mol. The lowest BCUT2D eigenvalue weighted by Crippen LogP contribution is -2.04. The summed E-state index contributed by atoms with van der Waals surface area (Å²) in [5.41, 5.74) is 5.30. The molecule has 0 amide bonds. The average Bonchev–Trinajstić information content (AvgIpc) is 2.65. The third-order valence-electron chi connectivity index (χ3n) is 4.39. The molecule has 2 N–H and O–H groups in total. The molecule has 0 aromatic carbocycles. The van der Waals surface area contributed by atoms with E-state index in [0.29, 0.717) is 33.9 Å². The van der Waals surface area contributed by atoms with Gasteiger partial charge < -0.3 is 10.2 Å². The van der Waals surface area contributed by atoms with E-state index in [-0.39, 0.29) is 12.8 Å². The molecule has 0 fully saturated rings. The van der Waals surface area contributed by atoms with Crippen LogP contribution in [0.1, 0.15) is 22.3 Å². The van der Waals surface area contributed by atoms with Gasteiger partial charge in [0.15, 0.2) is 0 Å². The van der Waals surface area contributed by atoms with Gasteiger partial charge in [0.05, 0.1) is 35.6 Å². The van der Waals surface area contributed by atoms with Crippen molar-refractivity contribution in [1.29, 1.82) is 0 Å². The first-order chi connectivity index (χ1) is 13.3. The summed E-state index contributed by atoms with van der Waals surface area (Å²) in [6.07, 6.45) is 3.10. The number of aromatic nitrogens is 3. The van der Waals surface area contributed by atoms with Crippen LogP contribution >= 0.6 is 0 Å². The molecule has 142 valence electrons. The van der Waals surface area contributed by atoms with Crippen LogP contribution in [0.2, 0.25) is 0 Å². The maximum Gasteiger partial charge on any atom is 0.307 e. The van der Waals surface area contributed by atoms with E-state index in [2.05, 4.69) is 15.0 Å². The molecule has 3 aromatic heterocycles. The quantitative estimate of drug-likeness (QED) is 0.678. The van der Waals surface area contributed by atoms with Crippen molar-refractivity contribution in [3.8, 4) is 22.8 Å². The highest BCUT2D eigenvalue weighted by Gasteiger charge is 2.12. The van der Waals surface area contributed by atoms with Crippen LogP contribution < -0.4 is 0 Å². The van der Waals surface area contributed by atoms with Crippen LogP contribution in [0.5, 0.6) is 0 Å².